The van der Waals surface area contributed by atoms with Crippen molar-refractivity contribution in [2.75, 3.05) is 0 Å². The summed E-state index contributed by atoms with van der Waals surface area (Å²) >= 11 is 6.21. The topological polar surface area (TPSA) is 63.3 Å². The van der Waals surface area contributed by atoms with Crippen molar-refractivity contribution in [2.24, 2.45) is 0 Å². The summed E-state index contributed by atoms with van der Waals surface area (Å²) in [5.74, 6) is -0.454. The van der Waals surface area contributed by atoms with E-state index in [0.717, 1.165) is 13.5 Å². The fraction of sp³-hybridized carbons (Fsp3) is 0. The number of nitrogens with zero attached hydrogens (tertiary/aromatic N) is 1. The Morgan fingerprint density at radius 1 is 1.32 bits per heavy atom. The van der Waals surface area contributed by atoms with E-state index in [2.05, 4.69) is 20.9 Å². The molecule has 3 aromatic heterocycles. The molecule has 1 N–H and O–H groups in total. The maximum Gasteiger partial charge on any atom is 0.358 e. The van der Waals surface area contributed by atoms with Gasteiger partial charge in [-0.2, -0.15) is 0 Å². The summed E-state index contributed by atoms with van der Waals surface area (Å²) in [6.07, 6.45) is 0. The highest BCUT2D eigenvalue weighted by atomic mass is 79.9. The predicted octanol–water partition coefficient (Wildman–Crippen LogP) is 4.59. The molecule has 0 radical (unpaired) electrons. The van der Waals surface area contributed by atoms with E-state index < -0.39 is 5.97 Å². The zero-order valence-corrected chi connectivity index (χ0v) is 12.5. The second-order valence-corrected chi connectivity index (χ2v) is 6.99. The van der Waals surface area contributed by atoms with Crippen molar-refractivity contribution in [3.05, 3.63) is 39.1 Å². The molecule has 0 spiro atoms. The van der Waals surface area contributed by atoms with E-state index in [1.165, 1.54) is 22.7 Å². The first-order chi connectivity index (χ1) is 9.15. The van der Waals surface area contributed by atoms with Gasteiger partial charge in [0.05, 0.1) is 13.5 Å². The van der Waals surface area contributed by atoms with Crippen LogP contribution in [0.5, 0.6) is 0 Å². The number of carboxylic acid groups (broad SMARTS) is 1. The van der Waals surface area contributed by atoms with Gasteiger partial charge in [0.1, 0.15) is 0 Å². The Balaban J connectivity index is 2.15. The molecule has 0 aliphatic heterocycles. The van der Waals surface area contributed by atoms with Gasteiger partial charge >= 0.3 is 5.97 Å². The number of aromatic carboxylic acids is 1. The Kier molecular flexibility index (Phi) is 3.26. The Morgan fingerprint density at radius 3 is 2.74 bits per heavy atom. The zero-order valence-electron chi connectivity index (χ0n) is 9.29. The molecule has 0 aliphatic carbocycles. The minimum absolute atomic E-state index is 0.0576. The second-order valence-electron chi connectivity index (χ2n) is 3.58. The molecule has 3 aromatic rings. The van der Waals surface area contributed by atoms with Gasteiger partial charge in [-0.05, 0) is 39.5 Å². The summed E-state index contributed by atoms with van der Waals surface area (Å²) in [7, 11) is 0. The van der Waals surface area contributed by atoms with Crippen LogP contribution in [0.4, 0.5) is 0 Å². The van der Waals surface area contributed by atoms with Gasteiger partial charge in [-0.1, -0.05) is 6.07 Å². The van der Waals surface area contributed by atoms with Crippen molar-refractivity contribution in [3.8, 4) is 21.4 Å². The van der Waals surface area contributed by atoms with Crippen molar-refractivity contribution in [3.63, 3.8) is 0 Å². The first-order valence-corrected chi connectivity index (χ1v) is 7.68. The summed E-state index contributed by atoms with van der Waals surface area (Å²) in [4.78, 5) is 16.9. The molecule has 0 fully saturated rings. The lowest BCUT2D eigenvalue weighted by molar-refractivity contribution is 0.0691. The molecular formula is C12H6BrNO3S2. The van der Waals surface area contributed by atoms with Crippen molar-refractivity contribution < 1.29 is 14.3 Å². The summed E-state index contributed by atoms with van der Waals surface area (Å²) in [5.41, 5.74) is -0.0576. The molecule has 0 saturated heterocycles. The predicted molar refractivity (Wildman–Crippen MR) is 77.8 cm³/mol. The summed E-state index contributed by atoms with van der Waals surface area (Å²) < 4.78 is 6.54. The summed E-state index contributed by atoms with van der Waals surface area (Å²) in [6, 6.07) is 7.36. The third-order valence-electron chi connectivity index (χ3n) is 2.36. The fourth-order valence-corrected chi connectivity index (χ4v) is 3.59. The van der Waals surface area contributed by atoms with Crippen LogP contribution in [0.25, 0.3) is 21.4 Å². The van der Waals surface area contributed by atoms with Gasteiger partial charge < -0.3 is 9.52 Å². The van der Waals surface area contributed by atoms with E-state index in [1.807, 2.05) is 23.6 Å². The lowest BCUT2D eigenvalue weighted by Crippen LogP contribution is -1.98. The Hall–Kier alpha value is -1.44. The molecule has 0 bridgehead atoms. The van der Waals surface area contributed by atoms with E-state index in [9.17, 15) is 9.90 Å². The molecule has 4 nitrogen and oxygen atoms in total. The number of hydrogen-bond acceptors (Lipinski definition) is 5. The van der Waals surface area contributed by atoms with Crippen molar-refractivity contribution in [1.82, 2.24) is 4.98 Å². The zero-order chi connectivity index (χ0) is 13.4. The van der Waals surface area contributed by atoms with Crippen LogP contribution >= 0.6 is 38.6 Å². The van der Waals surface area contributed by atoms with Gasteiger partial charge in [0.25, 0.3) is 0 Å². The first kappa shape index (κ1) is 12.6. The standard InChI is InChI=1S/C12H6BrNO3S2/c13-8-4-3-6(19-8)10-9(12(15)16)14-11(17-10)7-2-1-5-18-7/h1-5H,(H,15,16). The lowest BCUT2D eigenvalue weighted by Gasteiger charge is -1.91. The SMILES string of the molecule is O=C(O)c1nc(-c2cccs2)oc1-c1ccc(Br)s1. The third-order valence-corrected chi connectivity index (χ3v) is 4.84. The largest absolute Gasteiger partial charge is 0.476 e. The van der Waals surface area contributed by atoms with Crippen LogP contribution < -0.4 is 0 Å². The average Bonchev–Trinajstić information content (AvgIpc) is 3.07. The Morgan fingerprint density at radius 2 is 2.16 bits per heavy atom. The Labute approximate surface area is 124 Å². The number of oxazole rings is 1. The van der Waals surface area contributed by atoms with Crippen molar-refractivity contribution in [1.29, 1.82) is 0 Å². The molecular weight excluding hydrogens is 350 g/mol. The number of rotatable bonds is 3. The van der Waals surface area contributed by atoms with Crippen molar-refractivity contribution >= 4 is 44.6 Å². The van der Waals surface area contributed by atoms with Gasteiger partial charge in [0.2, 0.25) is 5.89 Å². The van der Waals surface area contributed by atoms with Crippen LogP contribution in [-0.2, 0) is 0 Å². The molecule has 3 rings (SSSR count). The second kappa shape index (κ2) is 4.92. The molecule has 19 heavy (non-hydrogen) atoms. The first-order valence-electron chi connectivity index (χ1n) is 5.19. The van der Waals surface area contributed by atoms with Gasteiger partial charge in [-0.3, -0.25) is 0 Å². The van der Waals surface area contributed by atoms with E-state index >= 15 is 0 Å². The summed E-state index contributed by atoms with van der Waals surface area (Å²) in [6.45, 7) is 0. The number of thiophene rings is 2. The number of hydrogen-bond donors (Lipinski definition) is 1. The van der Waals surface area contributed by atoms with Crippen LogP contribution in [0.1, 0.15) is 10.5 Å². The average molecular weight is 356 g/mol. The number of carbonyl (C=O) groups is 1. The summed E-state index contributed by atoms with van der Waals surface area (Å²) in [5, 5.41) is 11.1. The van der Waals surface area contributed by atoms with E-state index in [0.29, 0.717) is 11.7 Å². The molecule has 96 valence electrons. The quantitative estimate of drug-likeness (QED) is 0.745. The minimum atomic E-state index is -1.09. The smallest absolute Gasteiger partial charge is 0.358 e. The van der Waals surface area contributed by atoms with E-state index in [1.54, 1.807) is 6.07 Å². The molecule has 0 aliphatic rings. The number of carboxylic acids is 1. The maximum atomic E-state index is 11.3. The van der Waals surface area contributed by atoms with E-state index in [-0.39, 0.29) is 5.69 Å². The van der Waals surface area contributed by atoms with Gasteiger partial charge in [0.15, 0.2) is 11.5 Å². The van der Waals surface area contributed by atoms with Gasteiger partial charge in [0, 0.05) is 0 Å². The molecule has 0 aromatic carbocycles. The molecule has 7 heteroatoms. The number of halogens is 1. The lowest BCUT2D eigenvalue weighted by atomic mass is 10.3. The van der Waals surface area contributed by atoms with Crippen LogP contribution in [-0.4, -0.2) is 16.1 Å². The highest BCUT2D eigenvalue weighted by Gasteiger charge is 2.23. The van der Waals surface area contributed by atoms with E-state index in [4.69, 9.17) is 4.42 Å². The maximum absolute atomic E-state index is 11.3. The molecule has 3 heterocycles. The molecule has 0 saturated carbocycles. The third kappa shape index (κ3) is 2.36. The van der Waals surface area contributed by atoms with Crippen molar-refractivity contribution in [2.45, 2.75) is 0 Å². The van der Waals surface area contributed by atoms with Crippen LogP contribution in [0.15, 0.2) is 37.8 Å². The molecule has 0 amide bonds. The Bertz CT molecular complexity index is 730. The minimum Gasteiger partial charge on any atom is -0.476 e. The molecule has 0 unspecified atom stereocenters. The highest BCUT2D eigenvalue weighted by molar-refractivity contribution is 9.11. The van der Waals surface area contributed by atoms with Gasteiger partial charge in [-0.25, -0.2) is 9.78 Å². The monoisotopic (exact) mass is 355 g/mol. The van der Waals surface area contributed by atoms with Crippen LogP contribution in [0.2, 0.25) is 0 Å². The molecule has 0 atom stereocenters. The normalized spacial score (nSPS) is 10.8. The van der Waals surface area contributed by atoms with Crippen LogP contribution in [0, 0.1) is 0 Å². The number of aromatic nitrogens is 1. The fourth-order valence-electron chi connectivity index (χ4n) is 1.57. The van der Waals surface area contributed by atoms with Gasteiger partial charge in [-0.15, -0.1) is 22.7 Å². The highest BCUT2D eigenvalue weighted by Crippen LogP contribution is 2.36. The van der Waals surface area contributed by atoms with Crippen LogP contribution in [0.3, 0.4) is 0 Å².